The molecule has 0 saturated carbocycles. The molecule has 6 nitrogen and oxygen atoms in total. The Morgan fingerprint density at radius 3 is 3.00 bits per heavy atom. The molecule has 0 aliphatic carbocycles. The standard InChI is InChI=1S/C9H8ClN3O3/c1-5-11-8(12-16-5)4-13-3-6(10)2-7(13)9(14)15/h2-3H,4H2,1H3,(H,14,15). The average molecular weight is 242 g/mol. The van der Waals surface area contributed by atoms with E-state index in [9.17, 15) is 4.79 Å². The summed E-state index contributed by atoms with van der Waals surface area (Å²) in [5, 5.41) is 13.0. The summed E-state index contributed by atoms with van der Waals surface area (Å²) in [4.78, 5) is 14.9. The van der Waals surface area contributed by atoms with Crippen molar-refractivity contribution in [3.05, 3.63) is 34.7 Å². The van der Waals surface area contributed by atoms with Gasteiger partial charge in [-0.05, 0) is 6.07 Å². The number of hydrogen-bond donors (Lipinski definition) is 1. The Bertz CT molecular complexity index is 532. The Morgan fingerprint density at radius 2 is 2.44 bits per heavy atom. The maximum atomic E-state index is 10.9. The maximum Gasteiger partial charge on any atom is 0.352 e. The number of carboxylic acids is 1. The Balaban J connectivity index is 2.30. The van der Waals surface area contributed by atoms with Crippen LogP contribution in [0.5, 0.6) is 0 Å². The monoisotopic (exact) mass is 241 g/mol. The third-order valence-electron chi connectivity index (χ3n) is 1.96. The number of aromatic carboxylic acids is 1. The minimum Gasteiger partial charge on any atom is -0.477 e. The van der Waals surface area contributed by atoms with Crippen LogP contribution in [-0.2, 0) is 6.54 Å². The van der Waals surface area contributed by atoms with Gasteiger partial charge in [-0.15, -0.1) is 0 Å². The van der Waals surface area contributed by atoms with Crippen LogP contribution in [0.3, 0.4) is 0 Å². The molecular formula is C9H8ClN3O3. The van der Waals surface area contributed by atoms with Gasteiger partial charge < -0.3 is 14.2 Å². The number of nitrogens with zero attached hydrogens (tertiary/aromatic N) is 3. The molecule has 7 heteroatoms. The molecule has 0 fully saturated rings. The topological polar surface area (TPSA) is 81.2 Å². The first-order chi connectivity index (χ1) is 7.56. The third kappa shape index (κ3) is 2.06. The molecule has 2 rings (SSSR count). The lowest BCUT2D eigenvalue weighted by molar-refractivity contribution is 0.0685. The van der Waals surface area contributed by atoms with Gasteiger partial charge >= 0.3 is 5.97 Å². The van der Waals surface area contributed by atoms with Crippen LogP contribution in [-0.4, -0.2) is 25.8 Å². The first-order valence-corrected chi connectivity index (χ1v) is 4.82. The molecule has 84 valence electrons. The fourth-order valence-electron chi connectivity index (χ4n) is 1.34. The van der Waals surface area contributed by atoms with Crippen LogP contribution in [0.2, 0.25) is 5.02 Å². The number of aromatic nitrogens is 3. The van der Waals surface area contributed by atoms with E-state index in [1.807, 2.05) is 0 Å². The van der Waals surface area contributed by atoms with Gasteiger partial charge in [0.05, 0.1) is 11.6 Å². The summed E-state index contributed by atoms with van der Waals surface area (Å²) in [5.74, 6) is -0.204. The number of hydrogen-bond acceptors (Lipinski definition) is 4. The Labute approximate surface area is 95.4 Å². The van der Waals surface area contributed by atoms with Crippen LogP contribution in [0, 0.1) is 6.92 Å². The number of carboxylic acid groups (broad SMARTS) is 1. The zero-order valence-corrected chi connectivity index (χ0v) is 9.10. The molecule has 0 aliphatic heterocycles. The van der Waals surface area contributed by atoms with Crippen molar-refractivity contribution >= 4 is 17.6 Å². The molecule has 0 unspecified atom stereocenters. The normalized spacial score (nSPS) is 10.6. The van der Waals surface area contributed by atoms with Gasteiger partial charge in [-0.1, -0.05) is 16.8 Å². The van der Waals surface area contributed by atoms with Crippen LogP contribution >= 0.6 is 11.6 Å². The summed E-state index contributed by atoms with van der Waals surface area (Å²) in [6, 6.07) is 1.37. The predicted molar refractivity (Wildman–Crippen MR) is 54.5 cm³/mol. The zero-order valence-electron chi connectivity index (χ0n) is 8.35. The molecule has 0 aromatic carbocycles. The molecule has 2 heterocycles. The second kappa shape index (κ2) is 3.97. The highest BCUT2D eigenvalue weighted by Crippen LogP contribution is 2.15. The van der Waals surface area contributed by atoms with Crippen LogP contribution in [0.25, 0.3) is 0 Å². The summed E-state index contributed by atoms with van der Waals surface area (Å²) in [7, 11) is 0. The molecule has 0 saturated heterocycles. The summed E-state index contributed by atoms with van der Waals surface area (Å²) in [6.45, 7) is 1.88. The Morgan fingerprint density at radius 1 is 1.69 bits per heavy atom. The van der Waals surface area contributed by atoms with Crippen LogP contribution in [0.15, 0.2) is 16.8 Å². The van der Waals surface area contributed by atoms with Crippen molar-refractivity contribution in [2.75, 3.05) is 0 Å². The number of carbonyl (C=O) groups is 1. The highest BCUT2D eigenvalue weighted by atomic mass is 35.5. The summed E-state index contributed by atoms with van der Waals surface area (Å²) >= 11 is 5.73. The molecule has 0 spiro atoms. The van der Waals surface area contributed by atoms with Gasteiger partial charge in [-0.2, -0.15) is 4.98 Å². The molecule has 2 aromatic rings. The van der Waals surface area contributed by atoms with Crippen LogP contribution in [0.4, 0.5) is 0 Å². The highest BCUT2D eigenvalue weighted by molar-refractivity contribution is 6.30. The summed E-state index contributed by atoms with van der Waals surface area (Å²) in [5.41, 5.74) is 0.0902. The van der Waals surface area contributed by atoms with E-state index in [4.69, 9.17) is 21.2 Å². The van der Waals surface area contributed by atoms with Crippen molar-refractivity contribution in [3.8, 4) is 0 Å². The first kappa shape index (κ1) is 10.7. The molecule has 1 N–H and O–H groups in total. The predicted octanol–water partition coefficient (Wildman–Crippen LogP) is 1.58. The van der Waals surface area contributed by atoms with Gasteiger partial charge in [-0.3, -0.25) is 0 Å². The Hall–Kier alpha value is -1.82. The molecule has 16 heavy (non-hydrogen) atoms. The van der Waals surface area contributed by atoms with Gasteiger partial charge in [0.2, 0.25) is 5.89 Å². The van der Waals surface area contributed by atoms with E-state index in [0.717, 1.165) is 0 Å². The maximum absolute atomic E-state index is 10.9. The van der Waals surface area contributed by atoms with Gasteiger partial charge in [-0.25, -0.2) is 4.79 Å². The second-order valence-electron chi connectivity index (χ2n) is 3.21. The lowest BCUT2D eigenvalue weighted by Crippen LogP contribution is -2.09. The van der Waals surface area contributed by atoms with Crippen molar-refractivity contribution in [1.82, 2.24) is 14.7 Å². The SMILES string of the molecule is Cc1nc(Cn2cc(Cl)cc2C(=O)O)no1. The number of aryl methyl sites for hydroxylation is 1. The highest BCUT2D eigenvalue weighted by Gasteiger charge is 2.13. The van der Waals surface area contributed by atoms with Crippen molar-refractivity contribution in [3.63, 3.8) is 0 Å². The minimum atomic E-state index is -1.05. The molecular weight excluding hydrogens is 234 g/mol. The van der Waals surface area contributed by atoms with Gasteiger partial charge in [0.15, 0.2) is 5.82 Å². The van der Waals surface area contributed by atoms with E-state index in [1.165, 1.54) is 16.8 Å². The zero-order chi connectivity index (χ0) is 11.7. The van der Waals surface area contributed by atoms with Crippen LogP contribution in [0.1, 0.15) is 22.2 Å². The molecule has 0 aliphatic rings. The van der Waals surface area contributed by atoms with E-state index < -0.39 is 5.97 Å². The lowest BCUT2D eigenvalue weighted by atomic mass is 10.4. The van der Waals surface area contributed by atoms with Gasteiger partial charge in [0, 0.05) is 13.1 Å². The smallest absolute Gasteiger partial charge is 0.352 e. The lowest BCUT2D eigenvalue weighted by Gasteiger charge is -2.01. The minimum absolute atomic E-state index is 0.0902. The van der Waals surface area contributed by atoms with E-state index in [1.54, 1.807) is 6.92 Å². The fraction of sp³-hybridized carbons (Fsp3) is 0.222. The van der Waals surface area contributed by atoms with Gasteiger partial charge in [0.25, 0.3) is 0 Å². The first-order valence-electron chi connectivity index (χ1n) is 4.44. The van der Waals surface area contributed by atoms with Crippen molar-refractivity contribution in [2.45, 2.75) is 13.5 Å². The fourth-order valence-corrected chi connectivity index (χ4v) is 1.56. The average Bonchev–Trinajstić information content (AvgIpc) is 2.74. The summed E-state index contributed by atoms with van der Waals surface area (Å²) < 4.78 is 6.24. The van der Waals surface area contributed by atoms with Gasteiger partial charge in [0.1, 0.15) is 5.69 Å². The number of rotatable bonds is 3. The quantitative estimate of drug-likeness (QED) is 0.882. The van der Waals surface area contributed by atoms with Crippen molar-refractivity contribution < 1.29 is 14.4 Å². The molecule has 0 atom stereocenters. The van der Waals surface area contributed by atoms with Crippen molar-refractivity contribution in [1.29, 1.82) is 0 Å². The summed E-state index contributed by atoms with van der Waals surface area (Å²) in [6.07, 6.45) is 1.51. The largest absolute Gasteiger partial charge is 0.477 e. The number of halogens is 1. The van der Waals surface area contributed by atoms with E-state index in [2.05, 4.69) is 10.1 Å². The molecule has 2 aromatic heterocycles. The van der Waals surface area contributed by atoms with Crippen LogP contribution < -0.4 is 0 Å². The molecule has 0 amide bonds. The Kier molecular flexibility index (Phi) is 2.66. The van der Waals surface area contributed by atoms with E-state index in [0.29, 0.717) is 16.7 Å². The molecule has 0 bridgehead atoms. The van der Waals surface area contributed by atoms with E-state index in [-0.39, 0.29) is 12.2 Å². The second-order valence-corrected chi connectivity index (χ2v) is 3.64. The molecule has 0 radical (unpaired) electrons. The third-order valence-corrected chi connectivity index (χ3v) is 2.17. The van der Waals surface area contributed by atoms with E-state index >= 15 is 0 Å². The van der Waals surface area contributed by atoms with Crippen molar-refractivity contribution in [2.24, 2.45) is 0 Å².